The maximum Gasteiger partial charge on any atom is 0.0498 e. The molecule has 0 aliphatic heterocycles. The van der Waals surface area contributed by atoms with Crippen molar-refractivity contribution in [2.24, 2.45) is 0 Å². The molecule has 0 saturated heterocycles. The summed E-state index contributed by atoms with van der Waals surface area (Å²) in [5, 5.41) is 8.47. The van der Waals surface area contributed by atoms with Crippen molar-refractivity contribution in [3.63, 3.8) is 0 Å². The Balaban J connectivity index is 1.11. The van der Waals surface area contributed by atoms with Crippen LogP contribution in [0, 0.1) is 0 Å². The van der Waals surface area contributed by atoms with Gasteiger partial charge in [0.2, 0.25) is 0 Å². The highest BCUT2D eigenvalue weighted by molar-refractivity contribution is 6.08. The normalized spacial score (nSPS) is 15.9. The summed E-state index contributed by atoms with van der Waals surface area (Å²) in [6.07, 6.45) is 23.5. The maximum atomic E-state index is 3.80. The lowest BCUT2D eigenvalue weighted by molar-refractivity contribution is 0.645. The van der Waals surface area contributed by atoms with Gasteiger partial charge in [-0.05, 0) is 85.6 Å². The highest BCUT2D eigenvalue weighted by Crippen LogP contribution is 2.54. The first-order valence-electron chi connectivity index (χ1n) is 16.2. The van der Waals surface area contributed by atoms with Crippen molar-refractivity contribution >= 4 is 33.3 Å². The quantitative estimate of drug-likeness (QED) is 0.121. The molecule has 1 atom stereocenters. The van der Waals surface area contributed by atoms with E-state index in [9.17, 15) is 0 Å². The van der Waals surface area contributed by atoms with Crippen molar-refractivity contribution < 1.29 is 0 Å². The molecule has 0 spiro atoms. The third kappa shape index (κ3) is 5.92. The van der Waals surface area contributed by atoms with Crippen LogP contribution in [0.25, 0.3) is 38.7 Å². The molecular formula is C46H37N. The minimum absolute atomic E-state index is 0.268. The molecule has 6 aromatic carbocycles. The van der Waals surface area contributed by atoms with Gasteiger partial charge in [0.05, 0.1) is 0 Å². The van der Waals surface area contributed by atoms with Gasteiger partial charge in [0, 0.05) is 17.3 Å². The second kappa shape index (κ2) is 13.6. The smallest absolute Gasteiger partial charge is 0.0498 e. The molecule has 47 heavy (non-hydrogen) atoms. The molecule has 0 radical (unpaired) electrons. The van der Waals surface area contributed by atoms with Crippen molar-refractivity contribution in [1.82, 2.24) is 0 Å². The molecule has 0 amide bonds. The molecule has 1 aliphatic rings. The predicted octanol–water partition coefficient (Wildman–Crippen LogP) is 12.2. The van der Waals surface area contributed by atoms with Crippen LogP contribution in [0.4, 0.5) is 5.69 Å². The molecule has 1 aliphatic carbocycles. The summed E-state index contributed by atoms with van der Waals surface area (Å²) in [5.74, 6) is 0. The average Bonchev–Trinajstić information content (AvgIpc) is 3.41. The van der Waals surface area contributed by atoms with E-state index in [1.165, 1.54) is 54.9 Å². The van der Waals surface area contributed by atoms with Crippen LogP contribution in [0.15, 0.2) is 195 Å². The molecule has 6 aromatic rings. The fraction of sp³-hybridized carbons (Fsp3) is 0.0435. The maximum absolute atomic E-state index is 3.80. The van der Waals surface area contributed by atoms with E-state index in [0.29, 0.717) is 0 Å². The second-order valence-electron chi connectivity index (χ2n) is 11.8. The SMILES string of the molecule is C=C/C=C\C=C/CC1(c2ccccc2)c2ccccc2-c2ccc(\C=C/C=C\C=C\Nc3ccc4c(ccc5ccccc54)c3)cc21. The third-order valence-corrected chi connectivity index (χ3v) is 9.08. The topological polar surface area (TPSA) is 12.0 Å². The summed E-state index contributed by atoms with van der Waals surface area (Å²) >= 11 is 0. The zero-order valence-electron chi connectivity index (χ0n) is 26.4. The van der Waals surface area contributed by atoms with Crippen LogP contribution in [0.1, 0.15) is 28.7 Å². The number of nitrogens with one attached hydrogen (secondary N) is 1. The summed E-state index contributed by atoms with van der Waals surface area (Å²) in [6.45, 7) is 3.80. The molecular weight excluding hydrogens is 567 g/mol. The summed E-state index contributed by atoms with van der Waals surface area (Å²) in [5.41, 5.74) is 8.62. The Bertz CT molecular complexity index is 2210. The number of rotatable bonds is 10. The lowest BCUT2D eigenvalue weighted by Crippen LogP contribution is -2.26. The highest BCUT2D eigenvalue weighted by Gasteiger charge is 2.43. The number of allylic oxidation sites excluding steroid dienone is 9. The van der Waals surface area contributed by atoms with E-state index in [0.717, 1.165) is 12.1 Å². The Morgan fingerprint density at radius 3 is 2.21 bits per heavy atom. The van der Waals surface area contributed by atoms with E-state index in [1.807, 2.05) is 30.5 Å². The van der Waals surface area contributed by atoms with Gasteiger partial charge in [0.25, 0.3) is 0 Å². The Hall–Kier alpha value is -5.92. The molecule has 1 nitrogen and oxygen atoms in total. The standard InChI is InChI=1S/C46H37N/c1-2-3-4-6-16-31-46(38-20-10-8-11-21-38)44-24-15-14-23-42(44)43-29-25-35(33-45(43)46)18-9-5-7-17-32-47-39-28-30-41-37(34-39)27-26-36-19-12-13-22-40(36)41/h2-30,32-34,47H,1,31H2/b4-3-,7-5-,16-6-,18-9-,32-17+. The van der Waals surface area contributed by atoms with Crippen molar-refractivity contribution in [2.75, 3.05) is 5.32 Å². The summed E-state index contributed by atoms with van der Waals surface area (Å²) in [4.78, 5) is 0. The van der Waals surface area contributed by atoms with Crippen molar-refractivity contribution in [2.45, 2.75) is 11.8 Å². The van der Waals surface area contributed by atoms with Crippen LogP contribution < -0.4 is 5.32 Å². The number of hydrogen-bond acceptors (Lipinski definition) is 1. The number of anilines is 1. The Morgan fingerprint density at radius 1 is 0.553 bits per heavy atom. The van der Waals surface area contributed by atoms with E-state index in [-0.39, 0.29) is 5.41 Å². The van der Waals surface area contributed by atoms with Crippen molar-refractivity contribution in [3.8, 4) is 11.1 Å². The first-order valence-corrected chi connectivity index (χ1v) is 16.2. The molecule has 7 rings (SSSR count). The van der Waals surface area contributed by atoms with Gasteiger partial charge in [-0.15, -0.1) is 0 Å². The largest absolute Gasteiger partial charge is 0.362 e. The summed E-state index contributed by atoms with van der Waals surface area (Å²) < 4.78 is 0. The Labute approximate surface area is 277 Å². The fourth-order valence-electron chi connectivity index (χ4n) is 6.92. The minimum Gasteiger partial charge on any atom is -0.362 e. The van der Waals surface area contributed by atoms with Crippen LogP contribution in [-0.4, -0.2) is 0 Å². The van der Waals surface area contributed by atoms with E-state index < -0.39 is 0 Å². The van der Waals surface area contributed by atoms with Crippen LogP contribution in [0.5, 0.6) is 0 Å². The summed E-state index contributed by atoms with van der Waals surface area (Å²) in [7, 11) is 0. The lowest BCUT2D eigenvalue weighted by atomic mass is 9.70. The molecule has 226 valence electrons. The predicted molar refractivity (Wildman–Crippen MR) is 204 cm³/mol. The Kier molecular flexibility index (Phi) is 8.62. The van der Waals surface area contributed by atoms with E-state index in [1.54, 1.807) is 0 Å². The van der Waals surface area contributed by atoms with Crippen LogP contribution in [-0.2, 0) is 5.41 Å². The zero-order chi connectivity index (χ0) is 31.9. The average molecular weight is 604 g/mol. The first kappa shape index (κ1) is 29.8. The monoisotopic (exact) mass is 603 g/mol. The molecule has 1 unspecified atom stereocenters. The number of hydrogen-bond donors (Lipinski definition) is 1. The van der Waals surface area contributed by atoms with Gasteiger partial charge in [0.15, 0.2) is 0 Å². The van der Waals surface area contributed by atoms with Gasteiger partial charge in [-0.2, -0.15) is 0 Å². The Morgan fingerprint density at radius 2 is 1.30 bits per heavy atom. The molecule has 0 aromatic heterocycles. The van der Waals surface area contributed by atoms with Crippen molar-refractivity contribution in [3.05, 3.63) is 217 Å². The van der Waals surface area contributed by atoms with Gasteiger partial charge >= 0.3 is 0 Å². The number of benzene rings is 6. The van der Waals surface area contributed by atoms with Crippen LogP contribution in [0.2, 0.25) is 0 Å². The van der Waals surface area contributed by atoms with Gasteiger partial charge < -0.3 is 5.32 Å². The molecule has 1 N–H and O–H groups in total. The van der Waals surface area contributed by atoms with E-state index in [2.05, 4.69) is 176 Å². The van der Waals surface area contributed by atoms with Gasteiger partial charge in [-0.1, -0.05) is 170 Å². The molecule has 0 bridgehead atoms. The van der Waals surface area contributed by atoms with Crippen LogP contribution in [0.3, 0.4) is 0 Å². The van der Waals surface area contributed by atoms with Gasteiger partial charge in [-0.25, -0.2) is 0 Å². The highest BCUT2D eigenvalue weighted by atomic mass is 14.8. The van der Waals surface area contributed by atoms with Gasteiger partial charge in [0.1, 0.15) is 0 Å². The minimum atomic E-state index is -0.268. The van der Waals surface area contributed by atoms with E-state index in [4.69, 9.17) is 0 Å². The number of fused-ring (bicyclic) bond motifs is 6. The molecule has 0 fully saturated rings. The zero-order valence-corrected chi connectivity index (χ0v) is 26.4. The second-order valence-corrected chi connectivity index (χ2v) is 11.8. The fourth-order valence-corrected chi connectivity index (χ4v) is 6.92. The first-order chi connectivity index (χ1) is 23.3. The van der Waals surface area contributed by atoms with E-state index >= 15 is 0 Å². The third-order valence-electron chi connectivity index (χ3n) is 9.08. The lowest BCUT2D eigenvalue weighted by Gasteiger charge is -2.32. The summed E-state index contributed by atoms with van der Waals surface area (Å²) in [6, 6.07) is 46.2. The molecule has 0 heterocycles. The van der Waals surface area contributed by atoms with Crippen LogP contribution >= 0.6 is 0 Å². The molecule has 1 heteroatoms. The van der Waals surface area contributed by atoms with Gasteiger partial charge in [-0.3, -0.25) is 0 Å². The van der Waals surface area contributed by atoms with Crippen molar-refractivity contribution in [1.29, 1.82) is 0 Å². The molecule has 0 saturated carbocycles.